The number of para-hydroxylation sites is 1. The molecule has 0 spiro atoms. The molecule has 1 saturated carbocycles. The van der Waals surface area contributed by atoms with Gasteiger partial charge in [-0.2, -0.15) is 0 Å². The average Bonchev–Trinajstić information content (AvgIpc) is 3.22. The Hall–Kier alpha value is -1.02. The van der Waals surface area contributed by atoms with Crippen LogP contribution in [-0.2, 0) is 6.42 Å². The van der Waals surface area contributed by atoms with Crippen molar-refractivity contribution in [3.05, 3.63) is 29.8 Å². The summed E-state index contributed by atoms with van der Waals surface area (Å²) in [6.45, 7) is 8.37. The first-order chi connectivity index (χ1) is 9.22. The summed E-state index contributed by atoms with van der Waals surface area (Å²) in [4.78, 5) is 2.69. The highest BCUT2D eigenvalue weighted by molar-refractivity contribution is 5.53. The summed E-state index contributed by atoms with van der Waals surface area (Å²) in [5, 5.41) is 3.60. The van der Waals surface area contributed by atoms with E-state index in [4.69, 9.17) is 0 Å². The molecule has 0 bridgehead atoms. The molecule has 1 aliphatic carbocycles. The van der Waals surface area contributed by atoms with E-state index in [0.29, 0.717) is 6.04 Å². The van der Waals surface area contributed by atoms with Crippen molar-refractivity contribution in [3.63, 3.8) is 0 Å². The van der Waals surface area contributed by atoms with E-state index in [2.05, 4.69) is 48.3 Å². The van der Waals surface area contributed by atoms with Gasteiger partial charge in [-0.3, -0.25) is 0 Å². The molecule has 1 aromatic carbocycles. The Morgan fingerprint density at radius 3 is 2.63 bits per heavy atom. The van der Waals surface area contributed by atoms with Crippen LogP contribution in [0.5, 0.6) is 0 Å². The average molecular weight is 258 g/mol. The number of nitrogens with one attached hydrogen (secondary N) is 1. The largest absolute Gasteiger partial charge is 0.384 e. The maximum atomic E-state index is 3.60. The van der Waals surface area contributed by atoms with E-state index in [0.717, 1.165) is 18.4 Å². The molecule has 19 heavy (non-hydrogen) atoms. The van der Waals surface area contributed by atoms with Crippen LogP contribution in [0.25, 0.3) is 0 Å². The summed E-state index contributed by atoms with van der Waals surface area (Å²) < 4.78 is 0. The highest BCUT2D eigenvalue weighted by Crippen LogP contribution is 2.31. The molecule has 1 unspecified atom stereocenters. The molecule has 2 nitrogen and oxygen atoms in total. The van der Waals surface area contributed by atoms with Crippen LogP contribution in [0.15, 0.2) is 24.3 Å². The van der Waals surface area contributed by atoms with Crippen LogP contribution in [0.1, 0.15) is 32.3 Å². The Labute approximate surface area is 117 Å². The number of benzene rings is 1. The number of nitrogens with zero attached hydrogens (tertiary/aromatic N) is 1. The lowest BCUT2D eigenvalue weighted by Gasteiger charge is -2.33. The fourth-order valence-electron chi connectivity index (χ4n) is 3.10. The molecule has 2 aliphatic rings. The van der Waals surface area contributed by atoms with Crippen molar-refractivity contribution >= 4 is 5.69 Å². The van der Waals surface area contributed by atoms with Crippen LogP contribution < -0.4 is 5.32 Å². The Bertz CT molecular complexity index is 423. The van der Waals surface area contributed by atoms with Crippen LogP contribution in [0, 0.1) is 11.8 Å². The van der Waals surface area contributed by atoms with Gasteiger partial charge < -0.3 is 10.2 Å². The molecule has 0 aromatic heterocycles. The van der Waals surface area contributed by atoms with Crippen molar-refractivity contribution < 1.29 is 0 Å². The van der Waals surface area contributed by atoms with Gasteiger partial charge in [0.25, 0.3) is 0 Å². The third kappa shape index (κ3) is 3.30. The Morgan fingerprint density at radius 1 is 1.16 bits per heavy atom. The fraction of sp³-hybridized carbons (Fsp3) is 0.647. The lowest BCUT2D eigenvalue weighted by molar-refractivity contribution is 0.181. The Balaban J connectivity index is 1.60. The molecule has 2 heteroatoms. The number of hydrogen-bond donors (Lipinski definition) is 1. The quantitative estimate of drug-likeness (QED) is 0.871. The van der Waals surface area contributed by atoms with Crippen molar-refractivity contribution in [3.8, 4) is 0 Å². The third-order valence-electron chi connectivity index (χ3n) is 4.52. The molecule has 1 fully saturated rings. The van der Waals surface area contributed by atoms with Crippen molar-refractivity contribution in [1.82, 2.24) is 4.90 Å². The zero-order valence-corrected chi connectivity index (χ0v) is 12.2. The second-order valence-corrected chi connectivity index (χ2v) is 6.60. The first-order valence-corrected chi connectivity index (χ1v) is 7.78. The molecule has 3 rings (SSSR count). The summed E-state index contributed by atoms with van der Waals surface area (Å²) in [5.74, 6) is 1.75. The standard InChI is InChI=1S/C17H26N2/c1-13(2)19(11-14-7-8-14)12-15-9-16-5-3-4-6-17(16)18-10-15/h3-6,13-15,18H,7-12H2,1-2H3. The van der Waals surface area contributed by atoms with Crippen LogP contribution in [0.4, 0.5) is 5.69 Å². The van der Waals surface area contributed by atoms with Crippen LogP contribution >= 0.6 is 0 Å². The van der Waals surface area contributed by atoms with E-state index in [-0.39, 0.29) is 0 Å². The maximum absolute atomic E-state index is 3.60. The van der Waals surface area contributed by atoms with E-state index in [1.165, 1.54) is 43.6 Å². The van der Waals surface area contributed by atoms with Gasteiger partial charge in [-0.25, -0.2) is 0 Å². The molecule has 1 atom stereocenters. The molecular weight excluding hydrogens is 232 g/mol. The molecule has 1 heterocycles. The van der Waals surface area contributed by atoms with Crippen molar-refractivity contribution in [2.24, 2.45) is 11.8 Å². The molecule has 1 N–H and O–H groups in total. The van der Waals surface area contributed by atoms with E-state index in [1.807, 2.05) is 0 Å². The zero-order valence-electron chi connectivity index (χ0n) is 12.2. The summed E-state index contributed by atoms with van der Waals surface area (Å²) >= 11 is 0. The Morgan fingerprint density at radius 2 is 1.89 bits per heavy atom. The van der Waals surface area contributed by atoms with Gasteiger partial charge in [0.05, 0.1) is 0 Å². The summed E-state index contributed by atoms with van der Waals surface area (Å²) in [7, 11) is 0. The third-order valence-corrected chi connectivity index (χ3v) is 4.52. The van der Waals surface area contributed by atoms with E-state index < -0.39 is 0 Å². The topological polar surface area (TPSA) is 15.3 Å². The highest BCUT2D eigenvalue weighted by atomic mass is 15.2. The molecule has 0 radical (unpaired) electrons. The van der Waals surface area contributed by atoms with Gasteiger partial charge in [0.2, 0.25) is 0 Å². The van der Waals surface area contributed by atoms with Gasteiger partial charge in [0, 0.05) is 31.4 Å². The lowest BCUT2D eigenvalue weighted by atomic mass is 9.93. The number of rotatable bonds is 5. The van der Waals surface area contributed by atoms with Crippen molar-refractivity contribution in [1.29, 1.82) is 0 Å². The van der Waals surface area contributed by atoms with E-state index in [9.17, 15) is 0 Å². The molecule has 1 aliphatic heterocycles. The van der Waals surface area contributed by atoms with E-state index in [1.54, 1.807) is 0 Å². The van der Waals surface area contributed by atoms with Crippen LogP contribution in [0.3, 0.4) is 0 Å². The summed E-state index contributed by atoms with van der Waals surface area (Å²) in [6, 6.07) is 9.44. The first-order valence-electron chi connectivity index (χ1n) is 7.78. The fourth-order valence-corrected chi connectivity index (χ4v) is 3.10. The smallest absolute Gasteiger partial charge is 0.0372 e. The number of anilines is 1. The minimum absolute atomic E-state index is 0.678. The van der Waals surface area contributed by atoms with Gasteiger partial charge in [0.1, 0.15) is 0 Å². The second-order valence-electron chi connectivity index (χ2n) is 6.60. The molecule has 0 amide bonds. The normalized spacial score (nSPS) is 22.4. The second kappa shape index (κ2) is 5.54. The summed E-state index contributed by atoms with van der Waals surface area (Å²) in [5.41, 5.74) is 2.84. The predicted molar refractivity (Wildman–Crippen MR) is 81.6 cm³/mol. The molecule has 104 valence electrons. The monoisotopic (exact) mass is 258 g/mol. The Kier molecular flexibility index (Phi) is 3.79. The van der Waals surface area contributed by atoms with Crippen molar-refractivity contribution in [2.75, 3.05) is 25.0 Å². The maximum Gasteiger partial charge on any atom is 0.0372 e. The van der Waals surface area contributed by atoms with Gasteiger partial charge in [-0.05, 0) is 56.6 Å². The molecular formula is C17H26N2. The first kappa shape index (κ1) is 13.0. The summed E-state index contributed by atoms with van der Waals surface area (Å²) in [6.07, 6.45) is 4.14. The van der Waals surface area contributed by atoms with Gasteiger partial charge in [-0.1, -0.05) is 18.2 Å². The minimum atomic E-state index is 0.678. The predicted octanol–water partition coefficient (Wildman–Crippen LogP) is 3.39. The highest BCUT2D eigenvalue weighted by Gasteiger charge is 2.28. The minimum Gasteiger partial charge on any atom is -0.384 e. The molecule has 1 aromatic rings. The van der Waals surface area contributed by atoms with Crippen LogP contribution in [0.2, 0.25) is 0 Å². The lowest BCUT2D eigenvalue weighted by Crippen LogP contribution is -2.40. The SMILES string of the molecule is CC(C)N(CC1CC1)CC1CNc2ccccc2C1. The number of hydrogen-bond acceptors (Lipinski definition) is 2. The zero-order chi connectivity index (χ0) is 13.2. The van der Waals surface area contributed by atoms with Crippen molar-refractivity contribution in [2.45, 2.75) is 39.2 Å². The van der Waals surface area contributed by atoms with Gasteiger partial charge in [0.15, 0.2) is 0 Å². The van der Waals surface area contributed by atoms with Crippen LogP contribution in [-0.4, -0.2) is 30.6 Å². The number of fused-ring (bicyclic) bond motifs is 1. The van der Waals surface area contributed by atoms with Gasteiger partial charge in [-0.15, -0.1) is 0 Å². The van der Waals surface area contributed by atoms with Gasteiger partial charge >= 0.3 is 0 Å². The molecule has 0 saturated heterocycles. The van der Waals surface area contributed by atoms with E-state index >= 15 is 0 Å².